The molecule has 0 unspecified atom stereocenters. The summed E-state index contributed by atoms with van der Waals surface area (Å²) < 4.78 is 4.92. The van der Waals surface area contributed by atoms with Gasteiger partial charge in [-0.05, 0) is 25.3 Å². The Balaban J connectivity index is 1.61. The first-order valence-corrected chi connectivity index (χ1v) is 8.94. The Morgan fingerprint density at radius 3 is 2.75 bits per heavy atom. The number of benzene rings is 1. The van der Waals surface area contributed by atoms with Crippen LogP contribution in [0.4, 0.5) is 4.79 Å². The van der Waals surface area contributed by atoms with Gasteiger partial charge in [-0.15, -0.1) is 0 Å². The van der Waals surface area contributed by atoms with E-state index in [1.54, 1.807) is 0 Å². The molecule has 1 fully saturated rings. The molecule has 1 saturated heterocycles. The molecular weight excluding hydrogens is 328 g/mol. The molecule has 0 radical (unpaired) electrons. The molecule has 2 rings (SSSR count). The first-order chi connectivity index (χ1) is 11.5. The van der Waals surface area contributed by atoms with Gasteiger partial charge < -0.3 is 15.0 Å². The van der Waals surface area contributed by atoms with Crippen molar-refractivity contribution in [3.63, 3.8) is 0 Å². The highest BCUT2D eigenvalue weighted by atomic mass is 32.2. The predicted molar refractivity (Wildman–Crippen MR) is 92.8 cm³/mol. The van der Waals surface area contributed by atoms with Gasteiger partial charge in [0, 0.05) is 18.3 Å². The van der Waals surface area contributed by atoms with E-state index in [2.05, 4.69) is 5.32 Å². The summed E-state index contributed by atoms with van der Waals surface area (Å²) in [6, 6.07) is 10.0. The topological polar surface area (TPSA) is 75.7 Å². The standard InChI is InChI=1S/C17H22N2O4S/c1-13(7-8-14-5-3-2-4-6-14)18-15(20)12-23-16(21)11-19-9-10-24-17(19)22/h2-6,13H,7-12H2,1H3,(H,18,20)/t13-/m0/s1. The second-order valence-corrected chi connectivity index (χ2v) is 6.74. The first kappa shape index (κ1) is 18.3. The van der Waals surface area contributed by atoms with Gasteiger partial charge in [0.25, 0.3) is 11.1 Å². The van der Waals surface area contributed by atoms with Crippen LogP contribution in [-0.4, -0.2) is 53.5 Å². The average molecular weight is 350 g/mol. The highest BCUT2D eigenvalue weighted by Gasteiger charge is 2.24. The second kappa shape index (κ2) is 9.32. The maximum absolute atomic E-state index is 11.8. The SMILES string of the molecule is C[C@@H](CCc1ccccc1)NC(=O)COC(=O)CN1CCSC1=O. The quantitative estimate of drug-likeness (QED) is 0.724. The summed E-state index contributed by atoms with van der Waals surface area (Å²) in [5, 5.41) is 2.69. The van der Waals surface area contributed by atoms with Crippen LogP contribution in [0.15, 0.2) is 30.3 Å². The van der Waals surface area contributed by atoms with Crippen molar-refractivity contribution < 1.29 is 19.1 Å². The number of nitrogens with one attached hydrogen (secondary N) is 1. The Hall–Kier alpha value is -2.02. The highest BCUT2D eigenvalue weighted by Crippen LogP contribution is 2.16. The van der Waals surface area contributed by atoms with E-state index in [1.165, 1.54) is 22.2 Å². The lowest BCUT2D eigenvalue weighted by molar-refractivity contribution is -0.149. The monoisotopic (exact) mass is 350 g/mol. The zero-order valence-corrected chi connectivity index (χ0v) is 14.5. The molecule has 1 aliphatic rings. The molecule has 1 aliphatic heterocycles. The summed E-state index contributed by atoms with van der Waals surface area (Å²) in [4.78, 5) is 36.2. The summed E-state index contributed by atoms with van der Waals surface area (Å²) in [6.07, 6.45) is 1.68. The molecule has 0 aliphatic carbocycles. The molecule has 0 saturated carbocycles. The number of thioether (sulfide) groups is 1. The van der Waals surface area contributed by atoms with Crippen LogP contribution in [0, 0.1) is 0 Å². The molecule has 0 spiro atoms. The van der Waals surface area contributed by atoms with E-state index >= 15 is 0 Å². The van der Waals surface area contributed by atoms with Crippen LogP contribution in [-0.2, 0) is 20.7 Å². The fourth-order valence-electron chi connectivity index (χ4n) is 2.33. The highest BCUT2D eigenvalue weighted by molar-refractivity contribution is 8.13. The van der Waals surface area contributed by atoms with E-state index in [0.717, 1.165) is 12.8 Å². The minimum Gasteiger partial charge on any atom is -0.454 e. The van der Waals surface area contributed by atoms with Crippen molar-refractivity contribution in [3.8, 4) is 0 Å². The number of aryl methyl sites for hydroxylation is 1. The minimum atomic E-state index is -0.557. The Labute approximate surface area is 145 Å². The molecule has 1 aromatic rings. The summed E-state index contributed by atoms with van der Waals surface area (Å²) in [5.74, 6) is -0.199. The van der Waals surface area contributed by atoms with Crippen LogP contribution in [0.5, 0.6) is 0 Å². The second-order valence-electron chi connectivity index (χ2n) is 5.69. The largest absolute Gasteiger partial charge is 0.454 e. The van der Waals surface area contributed by atoms with Gasteiger partial charge in [-0.1, -0.05) is 42.1 Å². The molecule has 7 heteroatoms. The average Bonchev–Trinajstić information content (AvgIpc) is 2.97. The van der Waals surface area contributed by atoms with Gasteiger partial charge in [-0.3, -0.25) is 14.4 Å². The van der Waals surface area contributed by atoms with Crippen LogP contribution in [0.3, 0.4) is 0 Å². The molecule has 1 N–H and O–H groups in total. The summed E-state index contributed by atoms with van der Waals surface area (Å²) in [5.41, 5.74) is 1.22. The molecule has 130 valence electrons. The fourth-order valence-corrected chi connectivity index (χ4v) is 3.16. The van der Waals surface area contributed by atoms with Crippen molar-refractivity contribution in [2.24, 2.45) is 0 Å². The number of carbonyl (C=O) groups excluding carboxylic acids is 3. The molecule has 0 aromatic heterocycles. The zero-order chi connectivity index (χ0) is 17.4. The third-order valence-corrected chi connectivity index (χ3v) is 4.54. The Kier molecular flexibility index (Phi) is 7.11. The van der Waals surface area contributed by atoms with Crippen LogP contribution in [0.2, 0.25) is 0 Å². The van der Waals surface area contributed by atoms with E-state index in [4.69, 9.17) is 4.74 Å². The number of nitrogens with zero attached hydrogens (tertiary/aromatic N) is 1. The van der Waals surface area contributed by atoms with Crippen LogP contribution >= 0.6 is 11.8 Å². The Morgan fingerprint density at radius 2 is 2.08 bits per heavy atom. The van der Waals surface area contributed by atoms with E-state index in [-0.39, 0.29) is 30.3 Å². The van der Waals surface area contributed by atoms with Gasteiger partial charge in [0.1, 0.15) is 6.54 Å². The number of hydrogen-bond acceptors (Lipinski definition) is 5. The normalized spacial score (nSPS) is 15.2. The molecule has 1 heterocycles. The number of amides is 2. The maximum Gasteiger partial charge on any atom is 0.326 e. The number of rotatable bonds is 8. The van der Waals surface area contributed by atoms with Crippen LogP contribution < -0.4 is 5.32 Å². The van der Waals surface area contributed by atoms with Crippen molar-refractivity contribution in [1.29, 1.82) is 0 Å². The van der Waals surface area contributed by atoms with Crippen molar-refractivity contribution >= 4 is 28.9 Å². The third-order valence-electron chi connectivity index (χ3n) is 3.65. The first-order valence-electron chi connectivity index (χ1n) is 7.95. The van der Waals surface area contributed by atoms with Crippen molar-refractivity contribution in [2.75, 3.05) is 25.4 Å². The number of hydrogen-bond donors (Lipinski definition) is 1. The Morgan fingerprint density at radius 1 is 1.33 bits per heavy atom. The minimum absolute atomic E-state index is 0.00651. The van der Waals surface area contributed by atoms with Gasteiger partial charge in [0.15, 0.2) is 6.61 Å². The van der Waals surface area contributed by atoms with Gasteiger partial charge in [0.05, 0.1) is 0 Å². The molecule has 1 aromatic carbocycles. The molecule has 24 heavy (non-hydrogen) atoms. The van der Waals surface area contributed by atoms with Crippen LogP contribution in [0.25, 0.3) is 0 Å². The Bertz CT molecular complexity index is 579. The van der Waals surface area contributed by atoms with E-state index < -0.39 is 5.97 Å². The maximum atomic E-state index is 11.8. The molecule has 1 atom stereocenters. The number of esters is 1. The molecule has 2 amide bonds. The summed E-state index contributed by atoms with van der Waals surface area (Å²) in [6.45, 7) is 2.05. The lowest BCUT2D eigenvalue weighted by Gasteiger charge is -2.15. The van der Waals surface area contributed by atoms with Crippen molar-refractivity contribution in [1.82, 2.24) is 10.2 Å². The smallest absolute Gasteiger partial charge is 0.326 e. The lowest BCUT2D eigenvalue weighted by atomic mass is 10.1. The number of carbonyl (C=O) groups is 3. The van der Waals surface area contributed by atoms with E-state index in [0.29, 0.717) is 12.3 Å². The van der Waals surface area contributed by atoms with Gasteiger partial charge >= 0.3 is 5.97 Å². The van der Waals surface area contributed by atoms with Crippen molar-refractivity contribution in [3.05, 3.63) is 35.9 Å². The van der Waals surface area contributed by atoms with Gasteiger partial charge in [-0.2, -0.15) is 0 Å². The third kappa shape index (κ3) is 6.23. The van der Waals surface area contributed by atoms with Crippen LogP contribution in [0.1, 0.15) is 18.9 Å². The van der Waals surface area contributed by atoms with Gasteiger partial charge in [0.2, 0.25) is 0 Å². The zero-order valence-electron chi connectivity index (χ0n) is 13.7. The van der Waals surface area contributed by atoms with Crippen molar-refractivity contribution in [2.45, 2.75) is 25.8 Å². The number of ether oxygens (including phenoxy) is 1. The molecule has 0 bridgehead atoms. The fraction of sp³-hybridized carbons (Fsp3) is 0.471. The summed E-state index contributed by atoms with van der Waals surface area (Å²) >= 11 is 1.18. The summed E-state index contributed by atoms with van der Waals surface area (Å²) in [7, 11) is 0. The molecular formula is C17H22N2O4S. The lowest BCUT2D eigenvalue weighted by Crippen LogP contribution is -2.37. The predicted octanol–water partition coefficient (Wildman–Crippen LogP) is 1.84. The molecule has 6 nitrogen and oxygen atoms in total. The van der Waals surface area contributed by atoms with Gasteiger partial charge in [-0.25, -0.2) is 0 Å². The van der Waals surface area contributed by atoms with E-state index in [9.17, 15) is 14.4 Å². The van der Waals surface area contributed by atoms with E-state index in [1.807, 2.05) is 37.3 Å².